The zero-order valence-electron chi connectivity index (χ0n) is 10.1. The molecule has 0 bridgehead atoms. The molecule has 1 amide bonds. The van der Waals surface area contributed by atoms with E-state index in [1.807, 2.05) is 6.92 Å². The molecule has 0 radical (unpaired) electrons. The third kappa shape index (κ3) is 6.05. The van der Waals surface area contributed by atoms with Crippen molar-refractivity contribution in [2.75, 3.05) is 52.5 Å². The van der Waals surface area contributed by atoms with E-state index in [0.29, 0.717) is 13.1 Å². The largest absolute Gasteiger partial charge is 0.382 e. The van der Waals surface area contributed by atoms with Gasteiger partial charge in [0.05, 0.1) is 6.54 Å². The Morgan fingerprint density at radius 1 is 1.44 bits per heavy atom. The molecule has 0 atom stereocenters. The average molecular weight is 229 g/mol. The lowest BCUT2D eigenvalue weighted by molar-refractivity contribution is -0.122. The molecule has 0 spiro atoms. The fourth-order valence-electron chi connectivity index (χ4n) is 1.67. The van der Waals surface area contributed by atoms with Crippen LogP contribution in [0.5, 0.6) is 0 Å². The zero-order valence-corrected chi connectivity index (χ0v) is 10.1. The van der Waals surface area contributed by atoms with Crippen LogP contribution in [0, 0.1) is 0 Å². The number of hydrogen-bond donors (Lipinski definition) is 2. The topological polar surface area (TPSA) is 53.6 Å². The smallest absolute Gasteiger partial charge is 0.234 e. The number of ether oxygens (including phenoxy) is 1. The minimum atomic E-state index is 0.124. The zero-order chi connectivity index (χ0) is 11.6. The number of nitrogens with zero attached hydrogens (tertiary/aromatic N) is 1. The van der Waals surface area contributed by atoms with E-state index in [1.165, 1.54) is 0 Å². The Balaban J connectivity index is 1.97. The summed E-state index contributed by atoms with van der Waals surface area (Å²) in [6, 6.07) is 0. The second kappa shape index (κ2) is 8.50. The maximum Gasteiger partial charge on any atom is 0.234 e. The first kappa shape index (κ1) is 13.4. The molecule has 1 saturated heterocycles. The van der Waals surface area contributed by atoms with Crippen LogP contribution in [0.2, 0.25) is 0 Å². The van der Waals surface area contributed by atoms with Crippen molar-refractivity contribution in [3.8, 4) is 0 Å². The predicted octanol–water partition coefficient (Wildman–Crippen LogP) is -0.566. The van der Waals surface area contributed by atoms with Crippen molar-refractivity contribution < 1.29 is 9.53 Å². The van der Waals surface area contributed by atoms with Crippen LogP contribution in [0.25, 0.3) is 0 Å². The van der Waals surface area contributed by atoms with E-state index in [2.05, 4.69) is 15.5 Å². The van der Waals surface area contributed by atoms with E-state index < -0.39 is 0 Å². The number of rotatable bonds is 7. The Bertz CT molecular complexity index is 194. The average Bonchev–Trinajstić information content (AvgIpc) is 2.30. The highest BCUT2D eigenvalue weighted by Crippen LogP contribution is 1.91. The molecule has 0 saturated carbocycles. The minimum Gasteiger partial charge on any atom is -0.382 e. The van der Waals surface area contributed by atoms with Gasteiger partial charge in [-0.3, -0.25) is 9.69 Å². The van der Waals surface area contributed by atoms with Crippen LogP contribution in [0.3, 0.4) is 0 Å². The maximum absolute atomic E-state index is 11.5. The number of amides is 1. The standard InChI is InChI=1S/C11H23N3O2/c1-2-16-9-3-4-13-11(15)10-14-7-5-12-6-8-14/h12H,2-10H2,1H3,(H,13,15). The van der Waals surface area contributed by atoms with Crippen molar-refractivity contribution in [3.05, 3.63) is 0 Å². The number of hydrogen-bond acceptors (Lipinski definition) is 4. The monoisotopic (exact) mass is 229 g/mol. The Labute approximate surface area is 97.5 Å². The summed E-state index contributed by atoms with van der Waals surface area (Å²) in [7, 11) is 0. The highest BCUT2D eigenvalue weighted by molar-refractivity contribution is 5.77. The van der Waals surface area contributed by atoms with Gasteiger partial charge in [-0.05, 0) is 13.3 Å². The third-order valence-corrected chi connectivity index (χ3v) is 2.57. The summed E-state index contributed by atoms with van der Waals surface area (Å²) in [6.45, 7) is 8.58. The van der Waals surface area contributed by atoms with Crippen molar-refractivity contribution in [1.29, 1.82) is 0 Å². The highest BCUT2D eigenvalue weighted by atomic mass is 16.5. The van der Waals surface area contributed by atoms with Gasteiger partial charge < -0.3 is 15.4 Å². The van der Waals surface area contributed by atoms with E-state index in [9.17, 15) is 4.79 Å². The SMILES string of the molecule is CCOCCCNC(=O)CN1CCNCC1. The predicted molar refractivity (Wildman–Crippen MR) is 63.4 cm³/mol. The molecule has 1 rings (SSSR count). The molecule has 0 aliphatic carbocycles. The molecule has 0 aromatic rings. The summed E-state index contributed by atoms with van der Waals surface area (Å²) in [4.78, 5) is 13.7. The van der Waals surface area contributed by atoms with Gasteiger partial charge in [0.25, 0.3) is 0 Å². The van der Waals surface area contributed by atoms with E-state index in [0.717, 1.165) is 45.8 Å². The van der Waals surface area contributed by atoms with Gasteiger partial charge in [0.1, 0.15) is 0 Å². The van der Waals surface area contributed by atoms with Gasteiger partial charge in [-0.1, -0.05) is 0 Å². The molecular weight excluding hydrogens is 206 g/mol. The molecule has 0 aromatic carbocycles. The van der Waals surface area contributed by atoms with E-state index in [-0.39, 0.29) is 5.91 Å². The molecule has 0 aromatic heterocycles. The fourth-order valence-corrected chi connectivity index (χ4v) is 1.67. The number of carbonyl (C=O) groups excluding carboxylic acids is 1. The first-order chi connectivity index (χ1) is 7.83. The lowest BCUT2D eigenvalue weighted by Gasteiger charge is -2.26. The summed E-state index contributed by atoms with van der Waals surface area (Å²) >= 11 is 0. The van der Waals surface area contributed by atoms with E-state index >= 15 is 0 Å². The summed E-state index contributed by atoms with van der Waals surface area (Å²) in [6.07, 6.45) is 0.890. The van der Waals surface area contributed by atoms with E-state index in [1.54, 1.807) is 0 Å². The molecule has 94 valence electrons. The number of nitrogens with one attached hydrogen (secondary N) is 2. The van der Waals surface area contributed by atoms with Crippen LogP contribution < -0.4 is 10.6 Å². The van der Waals surface area contributed by atoms with Crippen molar-refractivity contribution in [2.45, 2.75) is 13.3 Å². The van der Waals surface area contributed by atoms with Crippen LogP contribution in [0.4, 0.5) is 0 Å². The van der Waals surface area contributed by atoms with Gasteiger partial charge in [-0.25, -0.2) is 0 Å². The number of piperazine rings is 1. The summed E-state index contributed by atoms with van der Waals surface area (Å²) in [5.74, 6) is 0.124. The van der Waals surface area contributed by atoms with Gasteiger partial charge in [-0.2, -0.15) is 0 Å². The second-order valence-corrected chi connectivity index (χ2v) is 3.93. The van der Waals surface area contributed by atoms with Crippen molar-refractivity contribution in [2.24, 2.45) is 0 Å². The maximum atomic E-state index is 11.5. The Kier molecular flexibility index (Phi) is 7.12. The van der Waals surface area contributed by atoms with Crippen molar-refractivity contribution >= 4 is 5.91 Å². The second-order valence-electron chi connectivity index (χ2n) is 3.93. The highest BCUT2D eigenvalue weighted by Gasteiger charge is 2.12. The number of carbonyl (C=O) groups is 1. The Hall–Kier alpha value is -0.650. The fraction of sp³-hybridized carbons (Fsp3) is 0.909. The molecule has 5 nitrogen and oxygen atoms in total. The molecule has 16 heavy (non-hydrogen) atoms. The molecule has 1 aliphatic heterocycles. The van der Waals surface area contributed by atoms with Crippen LogP contribution in [-0.2, 0) is 9.53 Å². The Morgan fingerprint density at radius 3 is 2.88 bits per heavy atom. The van der Waals surface area contributed by atoms with Crippen LogP contribution >= 0.6 is 0 Å². The minimum absolute atomic E-state index is 0.124. The normalized spacial score (nSPS) is 17.3. The van der Waals surface area contributed by atoms with Gasteiger partial charge in [-0.15, -0.1) is 0 Å². The van der Waals surface area contributed by atoms with Gasteiger partial charge in [0, 0.05) is 45.9 Å². The first-order valence-corrected chi connectivity index (χ1v) is 6.10. The molecule has 2 N–H and O–H groups in total. The first-order valence-electron chi connectivity index (χ1n) is 6.10. The van der Waals surface area contributed by atoms with Crippen LogP contribution in [-0.4, -0.2) is 63.3 Å². The molecule has 0 unspecified atom stereocenters. The van der Waals surface area contributed by atoms with E-state index in [4.69, 9.17) is 4.74 Å². The molecule has 1 heterocycles. The van der Waals surface area contributed by atoms with Crippen molar-refractivity contribution in [3.63, 3.8) is 0 Å². The lowest BCUT2D eigenvalue weighted by Crippen LogP contribution is -2.47. The molecular formula is C11H23N3O2. The lowest BCUT2D eigenvalue weighted by atomic mass is 10.3. The quantitative estimate of drug-likeness (QED) is 0.574. The molecule has 1 fully saturated rings. The van der Waals surface area contributed by atoms with Crippen LogP contribution in [0.1, 0.15) is 13.3 Å². The van der Waals surface area contributed by atoms with Crippen molar-refractivity contribution in [1.82, 2.24) is 15.5 Å². The van der Waals surface area contributed by atoms with Gasteiger partial charge in [0.2, 0.25) is 5.91 Å². The summed E-state index contributed by atoms with van der Waals surface area (Å²) in [5, 5.41) is 6.17. The molecule has 5 heteroatoms. The summed E-state index contributed by atoms with van der Waals surface area (Å²) < 4.78 is 5.20. The Morgan fingerprint density at radius 2 is 2.19 bits per heavy atom. The third-order valence-electron chi connectivity index (χ3n) is 2.57. The van der Waals surface area contributed by atoms with Crippen LogP contribution in [0.15, 0.2) is 0 Å². The molecule has 1 aliphatic rings. The summed E-state index contributed by atoms with van der Waals surface area (Å²) in [5.41, 5.74) is 0. The van der Waals surface area contributed by atoms with Gasteiger partial charge >= 0.3 is 0 Å². The van der Waals surface area contributed by atoms with Gasteiger partial charge in [0.15, 0.2) is 0 Å².